The number of halogens is 3. The molecule has 0 bridgehead atoms. The van der Waals surface area contributed by atoms with Crippen LogP contribution in [0.5, 0.6) is 5.75 Å². The summed E-state index contributed by atoms with van der Waals surface area (Å²) < 4.78 is 47.6. The number of hydrogen-bond donors (Lipinski definition) is 1. The summed E-state index contributed by atoms with van der Waals surface area (Å²) >= 11 is 0. The van der Waals surface area contributed by atoms with Crippen LogP contribution in [0, 0.1) is 23.2 Å². The minimum atomic E-state index is -4.75. The Kier molecular flexibility index (Phi) is 13.7. The molecule has 2 aliphatic heterocycles. The second-order valence-electron chi connectivity index (χ2n) is 13.5. The van der Waals surface area contributed by atoms with Crippen molar-refractivity contribution in [3.63, 3.8) is 0 Å². The van der Waals surface area contributed by atoms with E-state index in [0.717, 1.165) is 30.5 Å². The molecule has 4 rings (SSSR count). The molecule has 1 aromatic heterocycles. The quantitative estimate of drug-likeness (QED) is 0.201. The number of carboxylic acids is 1. The number of benzene rings is 1. The number of carboxylic acid groups (broad SMARTS) is 1. The molecule has 2 aromatic rings. The fourth-order valence-electron chi connectivity index (χ4n) is 7.48. The normalized spacial score (nSPS) is 20.0. The molecule has 9 nitrogen and oxygen atoms in total. The fraction of sp³-hybridized carbons (Fsp3) is 0.605. The van der Waals surface area contributed by atoms with Crippen LogP contribution in [0.15, 0.2) is 42.6 Å². The van der Waals surface area contributed by atoms with Gasteiger partial charge in [0, 0.05) is 37.4 Å². The molecule has 3 heterocycles. The number of carbonyl (C=O) groups is 3. The zero-order valence-corrected chi connectivity index (χ0v) is 29.1. The van der Waals surface area contributed by atoms with Gasteiger partial charge in [-0.2, -0.15) is 18.4 Å². The molecule has 0 saturated carbocycles. The maximum Gasteiger partial charge on any atom is 0.418 e. The number of piperidine rings is 1. The van der Waals surface area contributed by atoms with Crippen LogP contribution in [-0.4, -0.2) is 70.0 Å². The summed E-state index contributed by atoms with van der Waals surface area (Å²) in [5.41, 5.74) is -1.90. The highest BCUT2D eigenvalue weighted by Crippen LogP contribution is 2.41. The van der Waals surface area contributed by atoms with E-state index in [1.165, 1.54) is 11.1 Å². The van der Waals surface area contributed by atoms with Gasteiger partial charge in [-0.1, -0.05) is 57.7 Å². The summed E-state index contributed by atoms with van der Waals surface area (Å²) in [5.74, 6) is -2.18. The predicted octanol–water partition coefficient (Wildman–Crippen LogP) is 7.65. The summed E-state index contributed by atoms with van der Waals surface area (Å²) in [7, 11) is 0. The molecule has 12 heteroatoms. The van der Waals surface area contributed by atoms with E-state index in [0.29, 0.717) is 89.7 Å². The number of nitriles is 1. The summed E-state index contributed by atoms with van der Waals surface area (Å²) in [5, 5.41) is 20.1. The number of rotatable bonds is 14. The van der Waals surface area contributed by atoms with Crippen LogP contribution in [0.2, 0.25) is 0 Å². The number of pyridine rings is 1. The minimum Gasteiger partial charge on any atom is -0.493 e. The van der Waals surface area contributed by atoms with Crippen LogP contribution in [0.1, 0.15) is 113 Å². The lowest BCUT2D eigenvalue weighted by Crippen LogP contribution is -2.52. The molecule has 2 saturated heterocycles. The molecule has 0 radical (unpaired) electrons. The number of hydrogen-bond acceptors (Lipinski definition) is 6. The van der Waals surface area contributed by atoms with E-state index in [1.807, 2.05) is 38.1 Å². The van der Waals surface area contributed by atoms with Gasteiger partial charge in [0.05, 0.1) is 35.5 Å². The van der Waals surface area contributed by atoms with Gasteiger partial charge in [0.25, 0.3) is 5.91 Å². The summed E-state index contributed by atoms with van der Waals surface area (Å²) in [6, 6.07) is 11.3. The second-order valence-corrected chi connectivity index (χ2v) is 13.5. The molecule has 0 spiro atoms. The smallest absolute Gasteiger partial charge is 0.418 e. The topological polar surface area (TPSA) is 124 Å². The molecular formula is C38H49F3N4O5. The lowest BCUT2D eigenvalue weighted by molar-refractivity contribution is -0.142. The van der Waals surface area contributed by atoms with Crippen LogP contribution < -0.4 is 4.74 Å². The average molecular weight is 699 g/mol. The van der Waals surface area contributed by atoms with Gasteiger partial charge in [0.1, 0.15) is 11.4 Å². The highest BCUT2D eigenvalue weighted by Gasteiger charge is 2.45. The van der Waals surface area contributed by atoms with Gasteiger partial charge < -0.3 is 19.6 Å². The zero-order valence-electron chi connectivity index (χ0n) is 29.1. The Morgan fingerprint density at radius 3 is 2.42 bits per heavy atom. The molecule has 3 unspecified atom stereocenters. The van der Waals surface area contributed by atoms with Crippen molar-refractivity contribution in [3.8, 4) is 11.8 Å². The molecule has 272 valence electrons. The fourth-order valence-corrected chi connectivity index (χ4v) is 7.48. The molecule has 1 aromatic carbocycles. The lowest BCUT2D eigenvalue weighted by atomic mass is 9.73. The van der Waals surface area contributed by atoms with Crippen LogP contribution in [0.3, 0.4) is 0 Å². The molecular weight excluding hydrogens is 649 g/mol. The minimum absolute atomic E-state index is 0.146. The predicted molar refractivity (Wildman–Crippen MR) is 181 cm³/mol. The summed E-state index contributed by atoms with van der Waals surface area (Å²) in [4.78, 5) is 46.6. The third kappa shape index (κ3) is 9.15. The molecule has 50 heavy (non-hydrogen) atoms. The maximum absolute atomic E-state index is 14.2. The number of aromatic nitrogens is 1. The lowest BCUT2D eigenvalue weighted by Gasteiger charge is -2.41. The Bertz CT molecular complexity index is 1500. The van der Waals surface area contributed by atoms with E-state index in [2.05, 4.69) is 11.1 Å². The van der Waals surface area contributed by atoms with Gasteiger partial charge >= 0.3 is 12.1 Å². The van der Waals surface area contributed by atoms with Crippen LogP contribution in [0.4, 0.5) is 13.2 Å². The highest BCUT2D eigenvalue weighted by atomic mass is 19.4. The molecule has 2 fully saturated rings. The molecule has 3 atom stereocenters. The Morgan fingerprint density at radius 1 is 1.04 bits per heavy atom. The van der Waals surface area contributed by atoms with Gasteiger partial charge in [-0.3, -0.25) is 19.4 Å². The SMILES string of the molecule is CCCCC(CCCOc1ccccc1C1(C#N)CCN(C(=O)C2CCCCN(C(=O)c3ncccc3C(F)(F)F)C2CCC)CC1)C(=O)O. The van der Waals surface area contributed by atoms with Crippen molar-refractivity contribution < 1.29 is 37.4 Å². The molecule has 2 amide bonds. The number of alkyl halides is 3. The molecule has 0 aliphatic carbocycles. The number of nitrogens with zero attached hydrogens (tertiary/aromatic N) is 4. The van der Waals surface area contributed by atoms with E-state index in [-0.39, 0.29) is 12.5 Å². The number of ether oxygens (including phenoxy) is 1. The summed E-state index contributed by atoms with van der Waals surface area (Å²) in [6.45, 7) is 5.13. The van der Waals surface area contributed by atoms with Gasteiger partial charge in [-0.05, 0) is 69.6 Å². The van der Waals surface area contributed by atoms with Crippen LogP contribution in [0.25, 0.3) is 0 Å². The van der Waals surface area contributed by atoms with Crippen molar-refractivity contribution in [1.82, 2.24) is 14.8 Å². The largest absolute Gasteiger partial charge is 0.493 e. The first-order valence-corrected chi connectivity index (χ1v) is 18.0. The monoisotopic (exact) mass is 698 g/mol. The average Bonchev–Trinajstić information content (AvgIpc) is 3.33. The molecule has 1 N–H and O–H groups in total. The van der Waals surface area contributed by atoms with E-state index in [4.69, 9.17) is 4.74 Å². The number of amides is 2. The first kappa shape index (κ1) is 38.7. The van der Waals surface area contributed by atoms with Crippen molar-refractivity contribution >= 4 is 17.8 Å². The summed E-state index contributed by atoms with van der Waals surface area (Å²) in [6.07, 6.45) is 3.48. The van der Waals surface area contributed by atoms with Crippen LogP contribution >= 0.6 is 0 Å². The van der Waals surface area contributed by atoms with E-state index in [1.54, 1.807) is 4.90 Å². The van der Waals surface area contributed by atoms with Crippen molar-refractivity contribution in [3.05, 3.63) is 59.4 Å². The van der Waals surface area contributed by atoms with Crippen molar-refractivity contribution in [2.75, 3.05) is 26.2 Å². The number of carbonyl (C=O) groups excluding carboxylic acids is 2. The molecule has 2 aliphatic rings. The first-order valence-electron chi connectivity index (χ1n) is 18.0. The van der Waals surface area contributed by atoms with Crippen molar-refractivity contribution in [2.45, 2.75) is 109 Å². The van der Waals surface area contributed by atoms with E-state index in [9.17, 15) is 37.9 Å². The number of likely N-dealkylation sites (tertiary alicyclic amines) is 2. The highest BCUT2D eigenvalue weighted by molar-refractivity contribution is 5.94. The Balaban J connectivity index is 1.47. The maximum atomic E-state index is 14.2. The van der Waals surface area contributed by atoms with Gasteiger partial charge in [-0.25, -0.2) is 0 Å². The first-order chi connectivity index (χ1) is 24.0. The van der Waals surface area contributed by atoms with E-state index >= 15 is 0 Å². The third-order valence-corrected chi connectivity index (χ3v) is 10.3. The van der Waals surface area contributed by atoms with Crippen LogP contribution in [-0.2, 0) is 21.2 Å². The van der Waals surface area contributed by atoms with E-state index < -0.39 is 52.6 Å². The Labute approximate surface area is 292 Å². The van der Waals surface area contributed by atoms with Gasteiger partial charge in [0.15, 0.2) is 0 Å². The standard InChI is InChI=1S/C38H49F3N4O5/c1-3-5-13-27(36(48)49)14-11-25-50-32-18-7-6-16-29(32)37(26-42)19-23-44(24-20-37)34(46)28-15-8-9-22-45(31(28)12-4-2)35(47)33-30(38(39,40)41)17-10-21-43-33/h6-7,10,16-18,21,27-28,31H,3-5,8-9,11-15,19-20,22-25H2,1-2H3,(H,48,49). The van der Waals surface area contributed by atoms with Crippen molar-refractivity contribution in [2.24, 2.45) is 11.8 Å². The van der Waals surface area contributed by atoms with Crippen molar-refractivity contribution in [1.29, 1.82) is 5.26 Å². The number of unbranched alkanes of at least 4 members (excludes halogenated alkanes) is 1. The van der Waals surface area contributed by atoms with Gasteiger partial charge in [-0.15, -0.1) is 0 Å². The second kappa shape index (κ2) is 17.7. The number of para-hydroxylation sites is 1. The van der Waals surface area contributed by atoms with Gasteiger partial charge in [0.2, 0.25) is 5.91 Å². The zero-order chi connectivity index (χ0) is 36.3. The Hall–Kier alpha value is -4.14. The Morgan fingerprint density at radius 2 is 1.76 bits per heavy atom. The third-order valence-electron chi connectivity index (χ3n) is 10.3. The number of aliphatic carboxylic acids is 1.